The van der Waals surface area contributed by atoms with Crippen LogP contribution in [0.3, 0.4) is 0 Å². The largest absolute Gasteiger partial charge is 0.489 e. The first-order valence-electron chi connectivity index (χ1n) is 10.1. The maximum Gasteiger partial charge on any atom is 0.416 e. The topological polar surface area (TPSA) is 38.8 Å². The Morgan fingerprint density at radius 2 is 1.90 bits per heavy atom. The first kappa shape index (κ1) is 22.0. The molecule has 1 saturated heterocycles. The van der Waals surface area contributed by atoms with Crippen molar-refractivity contribution in [1.82, 2.24) is 4.90 Å². The maximum atomic E-state index is 13.3. The van der Waals surface area contributed by atoms with E-state index in [9.17, 15) is 18.0 Å². The number of carbonyl (C=O) groups excluding carboxylic acids is 1. The Labute approximate surface area is 174 Å². The zero-order valence-corrected chi connectivity index (χ0v) is 17.4. The van der Waals surface area contributed by atoms with Gasteiger partial charge in [-0.1, -0.05) is 17.7 Å². The highest BCUT2D eigenvalue weighted by molar-refractivity contribution is 5.87. The lowest BCUT2D eigenvalue weighted by Crippen LogP contribution is -2.37. The zero-order chi connectivity index (χ0) is 21.9. The molecule has 0 spiro atoms. The number of hydrogen-bond donors (Lipinski definition) is 0. The van der Waals surface area contributed by atoms with Gasteiger partial charge in [0.25, 0.3) is 0 Å². The fraction of sp³-hybridized carbons (Fsp3) is 0.435. The van der Waals surface area contributed by atoms with Gasteiger partial charge in [0.2, 0.25) is 0 Å². The number of benzene rings is 1. The van der Waals surface area contributed by atoms with E-state index in [1.807, 2.05) is 26.0 Å². The van der Waals surface area contributed by atoms with Crippen LogP contribution >= 0.6 is 0 Å². The van der Waals surface area contributed by atoms with Gasteiger partial charge in [-0.25, -0.2) is 4.79 Å². The maximum absolute atomic E-state index is 13.3. The molecule has 2 aliphatic heterocycles. The number of carbonyl (C=O) groups is 1. The molecule has 0 aliphatic carbocycles. The first-order valence-corrected chi connectivity index (χ1v) is 10.1. The smallest absolute Gasteiger partial charge is 0.416 e. The summed E-state index contributed by atoms with van der Waals surface area (Å²) in [5, 5.41) is 0. The highest BCUT2D eigenvalue weighted by atomic mass is 19.4. The molecular formula is C23H26F3NO3. The first-order chi connectivity index (χ1) is 14.3. The number of piperidine rings is 1. The van der Waals surface area contributed by atoms with E-state index in [2.05, 4.69) is 0 Å². The summed E-state index contributed by atoms with van der Waals surface area (Å²) in [5.41, 5.74) is 3.47. The van der Waals surface area contributed by atoms with Crippen LogP contribution in [-0.2, 0) is 22.3 Å². The number of amides is 1. The third kappa shape index (κ3) is 4.40. The highest BCUT2D eigenvalue weighted by Crippen LogP contribution is 2.42. The van der Waals surface area contributed by atoms with Gasteiger partial charge in [-0.15, -0.1) is 0 Å². The van der Waals surface area contributed by atoms with Crippen molar-refractivity contribution in [3.8, 4) is 0 Å². The minimum Gasteiger partial charge on any atom is -0.489 e. The van der Waals surface area contributed by atoms with Gasteiger partial charge in [-0.3, -0.25) is 0 Å². The Kier molecular flexibility index (Phi) is 6.58. The van der Waals surface area contributed by atoms with Crippen molar-refractivity contribution in [2.24, 2.45) is 0 Å². The van der Waals surface area contributed by atoms with Crippen LogP contribution in [-0.4, -0.2) is 30.7 Å². The number of alkyl halides is 3. The molecule has 30 heavy (non-hydrogen) atoms. The van der Waals surface area contributed by atoms with Crippen LogP contribution in [0.2, 0.25) is 0 Å². The summed E-state index contributed by atoms with van der Waals surface area (Å²) in [5.74, 6) is 0.651. The van der Waals surface area contributed by atoms with E-state index in [0.29, 0.717) is 43.9 Å². The van der Waals surface area contributed by atoms with Crippen LogP contribution in [0.5, 0.6) is 0 Å². The summed E-state index contributed by atoms with van der Waals surface area (Å²) in [6.45, 7) is 6.93. The monoisotopic (exact) mass is 421 g/mol. The van der Waals surface area contributed by atoms with Crippen LogP contribution in [0.15, 0.2) is 47.3 Å². The summed E-state index contributed by atoms with van der Waals surface area (Å²) in [6.07, 6.45) is 0.280. The molecule has 0 N–H and O–H groups in total. The molecule has 0 saturated carbocycles. The van der Waals surface area contributed by atoms with Crippen LogP contribution in [0.4, 0.5) is 18.0 Å². The SMILES string of the molecule is C/C=C1/C(=C2CCN(C(=O)OCC)CC2)c2ccc(C(F)(F)F)cc2CO/C1=C/C. The molecule has 0 atom stereocenters. The molecule has 0 radical (unpaired) electrons. The fourth-order valence-electron chi connectivity index (χ4n) is 3.97. The third-order valence-electron chi connectivity index (χ3n) is 5.42. The Bertz CT molecular complexity index is 903. The molecule has 4 nitrogen and oxygen atoms in total. The van der Waals surface area contributed by atoms with E-state index < -0.39 is 11.7 Å². The third-order valence-corrected chi connectivity index (χ3v) is 5.42. The van der Waals surface area contributed by atoms with E-state index in [1.165, 1.54) is 6.07 Å². The van der Waals surface area contributed by atoms with Crippen LogP contribution < -0.4 is 0 Å². The predicted octanol–water partition coefficient (Wildman–Crippen LogP) is 6.09. The molecule has 0 unspecified atom stereocenters. The minimum atomic E-state index is -4.41. The lowest BCUT2D eigenvalue weighted by atomic mass is 9.85. The second-order valence-electron chi connectivity index (χ2n) is 7.18. The number of hydrogen-bond acceptors (Lipinski definition) is 3. The van der Waals surface area contributed by atoms with Crippen molar-refractivity contribution < 1.29 is 27.4 Å². The zero-order valence-electron chi connectivity index (χ0n) is 17.4. The van der Waals surface area contributed by atoms with Crippen LogP contribution in [0.25, 0.3) is 5.57 Å². The summed E-state index contributed by atoms with van der Waals surface area (Å²) in [7, 11) is 0. The highest BCUT2D eigenvalue weighted by Gasteiger charge is 2.33. The Balaban J connectivity index is 2.06. The van der Waals surface area contributed by atoms with Gasteiger partial charge in [-0.05, 0) is 68.5 Å². The van der Waals surface area contributed by atoms with E-state index >= 15 is 0 Å². The van der Waals surface area contributed by atoms with Crippen molar-refractivity contribution in [2.45, 2.75) is 46.4 Å². The van der Waals surface area contributed by atoms with Crippen LogP contribution in [0.1, 0.15) is 50.3 Å². The quantitative estimate of drug-likeness (QED) is 0.551. The molecule has 0 bridgehead atoms. The van der Waals surface area contributed by atoms with Gasteiger partial charge in [0, 0.05) is 18.7 Å². The minimum absolute atomic E-state index is 0.0714. The molecule has 7 heteroatoms. The molecular weight excluding hydrogens is 395 g/mol. The Morgan fingerprint density at radius 1 is 1.20 bits per heavy atom. The molecule has 1 aromatic rings. The van der Waals surface area contributed by atoms with Crippen molar-refractivity contribution >= 4 is 11.7 Å². The lowest BCUT2D eigenvalue weighted by Gasteiger charge is -2.30. The van der Waals surface area contributed by atoms with Gasteiger partial charge in [0.15, 0.2) is 0 Å². The van der Waals surface area contributed by atoms with Crippen molar-refractivity contribution in [3.63, 3.8) is 0 Å². The second kappa shape index (κ2) is 8.98. The number of halogens is 3. The van der Waals surface area contributed by atoms with Crippen LogP contribution in [0, 0.1) is 0 Å². The second-order valence-corrected chi connectivity index (χ2v) is 7.18. The summed E-state index contributed by atoms with van der Waals surface area (Å²) >= 11 is 0. The average Bonchev–Trinajstić information content (AvgIpc) is 2.89. The van der Waals surface area contributed by atoms with E-state index in [0.717, 1.165) is 28.3 Å². The average molecular weight is 421 g/mol. The molecule has 2 aliphatic rings. The lowest BCUT2D eigenvalue weighted by molar-refractivity contribution is -0.137. The van der Waals surface area contributed by atoms with Crippen molar-refractivity contribution in [1.29, 1.82) is 0 Å². The Hall–Kier alpha value is -2.70. The number of rotatable bonds is 1. The normalized spacial score (nSPS) is 20.1. The fourth-order valence-corrected chi connectivity index (χ4v) is 3.97. The Morgan fingerprint density at radius 3 is 2.47 bits per heavy atom. The summed E-state index contributed by atoms with van der Waals surface area (Å²) < 4.78 is 50.7. The van der Waals surface area contributed by atoms with Gasteiger partial charge < -0.3 is 14.4 Å². The van der Waals surface area contributed by atoms with E-state index in [-0.39, 0.29) is 12.7 Å². The summed E-state index contributed by atoms with van der Waals surface area (Å²) in [6, 6.07) is 3.85. The van der Waals surface area contributed by atoms with Crippen molar-refractivity contribution in [2.75, 3.05) is 19.7 Å². The molecule has 0 aromatic heterocycles. The van der Waals surface area contributed by atoms with Gasteiger partial charge in [0.05, 0.1) is 12.2 Å². The number of ether oxygens (including phenoxy) is 2. The van der Waals surface area contributed by atoms with Crippen molar-refractivity contribution in [3.05, 3.63) is 63.9 Å². The molecule has 1 aromatic carbocycles. The summed E-state index contributed by atoms with van der Waals surface area (Å²) in [4.78, 5) is 13.7. The number of likely N-dealkylation sites (tertiary alicyclic amines) is 1. The molecule has 162 valence electrons. The van der Waals surface area contributed by atoms with Gasteiger partial charge >= 0.3 is 12.3 Å². The standard InChI is InChI=1S/C23H26F3NO3/c1-4-18-20(5-2)30-14-16-13-17(23(24,25)26)7-8-19(16)21(18)15-9-11-27(12-10-15)22(28)29-6-3/h4-5,7-8,13H,6,9-12,14H2,1-3H3/b18-4+,20-5+. The molecule has 1 amide bonds. The van der Waals surface area contributed by atoms with E-state index in [4.69, 9.17) is 9.47 Å². The predicted molar refractivity (Wildman–Crippen MR) is 108 cm³/mol. The van der Waals surface area contributed by atoms with Gasteiger partial charge in [-0.2, -0.15) is 13.2 Å². The molecule has 1 fully saturated rings. The molecule has 3 rings (SSSR count). The molecule has 2 heterocycles. The number of nitrogens with zero attached hydrogens (tertiary/aromatic N) is 1. The van der Waals surface area contributed by atoms with E-state index in [1.54, 1.807) is 17.9 Å². The number of fused-ring (bicyclic) bond motifs is 1. The van der Waals surface area contributed by atoms with Gasteiger partial charge in [0.1, 0.15) is 12.4 Å². The number of allylic oxidation sites excluding steroid dienone is 3.